The molecule has 1 aliphatic heterocycles. The van der Waals surface area contributed by atoms with Gasteiger partial charge < -0.3 is 5.32 Å². The van der Waals surface area contributed by atoms with E-state index in [1.165, 1.54) is 10.9 Å². The van der Waals surface area contributed by atoms with E-state index < -0.39 is 0 Å². The van der Waals surface area contributed by atoms with Crippen molar-refractivity contribution in [3.8, 4) is 6.07 Å². The van der Waals surface area contributed by atoms with Crippen LogP contribution >= 0.6 is 0 Å². The highest BCUT2D eigenvalue weighted by Crippen LogP contribution is 2.23. The van der Waals surface area contributed by atoms with Crippen LogP contribution in [0.25, 0.3) is 10.9 Å². The Labute approximate surface area is 153 Å². The molecule has 1 fully saturated rings. The monoisotopic (exact) mass is 343 g/mol. The van der Waals surface area contributed by atoms with Crippen molar-refractivity contribution >= 4 is 16.7 Å². The minimum Gasteiger partial charge on any atom is -0.369 e. The molecule has 130 valence electrons. The molecule has 0 radical (unpaired) electrons. The van der Waals surface area contributed by atoms with Gasteiger partial charge in [-0.2, -0.15) is 5.26 Å². The number of para-hydroxylation sites is 1. The molecule has 26 heavy (non-hydrogen) atoms. The van der Waals surface area contributed by atoms with Gasteiger partial charge in [0.1, 0.15) is 11.9 Å². The third-order valence-electron chi connectivity index (χ3n) is 4.97. The molecule has 0 bridgehead atoms. The third kappa shape index (κ3) is 3.51. The molecule has 0 unspecified atom stereocenters. The van der Waals surface area contributed by atoms with E-state index in [4.69, 9.17) is 5.26 Å². The van der Waals surface area contributed by atoms with Crippen LogP contribution in [0, 0.1) is 17.2 Å². The van der Waals surface area contributed by atoms with E-state index in [9.17, 15) is 0 Å². The zero-order valence-electron chi connectivity index (χ0n) is 14.6. The number of hydrogen-bond acceptors (Lipinski definition) is 5. The van der Waals surface area contributed by atoms with E-state index in [0.29, 0.717) is 17.3 Å². The molecular formula is C21H21N5. The van der Waals surface area contributed by atoms with Gasteiger partial charge in [0, 0.05) is 37.4 Å². The first kappa shape index (κ1) is 16.5. The second-order valence-corrected chi connectivity index (χ2v) is 6.77. The number of likely N-dealkylation sites (tertiary alicyclic amines) is 1. The fourth-order valence-electron chi connectivity index (χ4n) is 3.64. The summed E-state index contributed by atoms with van der Waals surface area (Å²) in [4.78, 5) is 11.3. The Morgan fingerprint density at radius 2 is 1.96 bits per heavy atom. The van der Waals surface area contributed by atoms with Crippen molar-refractivity contribution < 1.29 is 0 Å². The lowest BCUT2D eigenvalue weighted by molar-refractivity contribution is 0.320. The minimum absolute atomic E-state index is 0.562. The largest absolute Gasteiger partial charge is 0.369 e. The Morgan fingerprint density at radius 3 is 2.88 bits per heavy atom. The maximum Gasteiger partial charge on any atom is 0.143 e. The highest BCUT2D eigenvalue weighted by atomic mass is 15.2. The van der Waals surface area contributed by atoms with E-state index in [1.54, 1.807) is 18.3 Å². The summed E-state index contributed by atoms with van der Waals surface area (Å²) in [7, 11) is 0. The molecule has 1 aromatic carbocycles. The number of nitrogens with one attached hydrogen (secondary N) is 1. The van der Waals surface area contributed by atoms with Gasteiger partial charge in [0.05, 0.1) is 11.1 Å². The van der Waals surface area contributed by atoms with Crippen molar-refractivity contribution in [1.82, 2.24) is 14.9 Å². The van der Waals surface area contributed by atoms with Gasteiger partial charge >= 0.3 is 0 Å². The molecule has 5 heteroatoms. The lowest BCUT2D eigenvalue weighted by Gasteiger charge is -2.17. The summed E-state index contributed by atoms with van der Waals surface area (Å²) in [5, 5.41) is 13.7. The lowest BCUT2D eigenvalue weighted by Crippen LogP contribution is -2.23. The van der Waals surface area contributed by atoms with Gasteiger partial charge in [-0.1, -0.05) is 24.3 Å². The molecule has 1 saturated heterocycles. The smallest absolute Gasteiger partial charge is 0.143 e. The maximum absolute atomic E-state index is 9.16. The number of benzene rings is 1. The van der Waals surface area contributed by atoms with Crippen molar-refractivity contribution in [2.45, 2.75) is 13.0 Å². The molecule has 1 aliphatic rings. The number of hydrogen-bond donors (Lipinski definition) is 1. The standard InChI is InChI=1S/C21H21N5/c22-12-18-7-3-10-24-21(18)25-13-16-8-11-26(14-16)15-19-5-1-4-17-6-2-9-23-20(17)19/h1-7,9-10,16H,8,11,13-15H2,(H,24,25)/t16-/m0/s1. The fourth-order valence-corrected chi connectivity index (χ4v) is 3.64. The zero-order valence-corrected chi connectivity index (χ0v) is 14.6. The van der Waals surface area contributed by atoms with Gasteiger partial charge in [-0.15, -0.1) is 0 Å². The second kappa shape index (κ2) is 7.51. The first-order valence-electron chi connectivity index (χ1n) is 8.97. The van der Waals surface area contributed by atoms with Crippen LogP contribution in [0.15, 0.2) is 54.9 Å². The molecule has 3 heterocycles. The predicted octanol–water partition coefficient (Wildman–Crippen LogP) is 3.44. The van der Waals surface area contributed by atoms with Crippen molar-refractivity contribution in [2.75, 3.05) is 25.0 Å². The predicted molar refractivity (Wildman–Crippen MR) is 103 cm³/mol. The van der Waals surface area contributed by atoms with Crippen LogP contribution in [-0.2, 0) is 6.54 Å². The van der Waals surface area contributed by atoms with Crippen molar-refractivity contribution in [2.24, 2.45) is 5.92 Å². The number of nitriles is 1. The van der Waals surface area contributed by atoms with Crippen LogP contribution in [-0.4, -0.2) is 34.5 Å². The van der Waals surface area contributed by atoms with Crippen LogP contribution in [0.5, 0.6) is 0 Å². The quantitative estimate of drug-likeness (QED) is 0.769. The maximum atomic E-state index is 9.16. The number of aromatic nitrogens is 2. The number of fused-ring (bicyclic) bond motifs is 1. The summed E-state index contributed by atoms with van der Waals surface area (Å²) >= 11 is 0. The molecule has 0 saturated carbocycles. The highest BCUT2D eigenvalue weighted by molar-refractivity contribution is 5.81. The molecule has 2 aromatic heterocycles. The molecule has 1 atom stereocenters. The summed E-state index contributed by atoms with van der Waals surface area (Å²) in [6.07, 6.45) is 4.74. The van der Waals surface area contributed by atoms with Gasteiger partial charge in [0.15, 0.2) is 0 Å². The first-order chi connectivity index (χ1) is 12.8. The minimum atomic E-state index is 0.562. The molecule has 5 nitrogen and oxygen atoms in total. The Kier molecular flexibility index (Phi) is 4.76. The molecule has 0 aliphatic carbocycles. The summed E-state index contributed by atoms with van der Waals surface area (Å²) in [6.45, 7) is 3.90. The van der Waals surface area contributed by atoms with E-state index in [2.05, 4.69) is 50.5 Å². The second-order valence-electron chi connectivity index (χ2n) is 6.77. The van der Waals surface area contributed by atoms with Crippen LogP contribution in [0.1, 0.15) is 17.5 Å². The molecular weight excluding hydrogens is 322 g/mol. The number of rotatable bonds is 5. The Hall–Kier alpha value is -2.97. The van der Waals surface area contributed by atoms with Crippen LogP contribution < -0.4 is 5.32 Å². The van der Waals surface area contributed by atoms with Crippen molar-refractivity contribution in [1.29, 1.82) is 5.26 Å². The number of anilines is 1. The van der Waals surface area contributed by atoms with E-state index in [1.807, 2.05) is 12.3 Å². The van der Waals surface area contributed by atoms with E-state index >= 15 is 0 Å². The topological polar surface area (TPSA) is 64.8 Å². The average molecular weight is 343 g/mol. The highest BCUT2D eigenvalue weighted by Gasteiger charge is 2.23. The molecule has 0 amide bonds. The molecule has 1 N–H and O–H groups in total. The molecule has 4 rings (SSSR count). The Morgan fingerprint density at radius 1 is 1.12 bits per heavy atom. The fraction of sp³-hybridized carbons (Fsp3) is 0.286. The summed E-state index contributed by atoms with van der Waals surface area (Å²) < 4.78 is 0. The zero-order chi connectivity index (χ0) is 17.8. The molecule has 0 spiro atoms. The van der Waals surface area contributed by atoms with Gasteiger partial charge in [0.25, 0.3) is 0 Å². The van der Waals surface area contributed by atoms with Crippen LogP contribution in [0.4, 0.5) is 5.82 Å². The van der Waals surface area contributed by atoms with E-state index in [0.717, 1.165) is 38.1 Å². The Balaban J connectivity index is 1.37. The van der Waals surface area contributed by atoms with Gasteiger partial charge in [-0.25, -0.2) is 4.98 Å². The van der Waals surface area contributed by atoms with Gasteiger partial charge in [0.2, 0.25) is 0 Å². The normalized spacial score (nSPS) is 17.3. The summed E-state index contributed by atoms with van der Waals surface area (Å²) in [6, 6.07) is 16.3. The first-order valence-corrected chi connectivity index (χ1v) is 8.97. The number of pyridine rings is 2. The van der Waals surface area contributed by atoms with Gasteiger partial charge in [-0.3, -0.25) is 9.88 Å². The van der Waals surface area contributed by atoms with Crippen molar-refractivity contribution in [3.05, 3.63) is 66.0 Å². The van der Waals surface area contributed by atoms with Crippen molar-refractivity contribution in [3.63, 3.8) is 0 Å². The van der Waals surface area contributed by atoms with Gasteiger partial charge in [-0.05, 0) is 42.6 Å². The van der Waals surface area contributed by atoms with E-state index in [-0.39, 0.29) is 0 Å². The van der Waals surface area contributed by atoms with Crippen LogP contribution in [0.3, 0.4) is 0 Å². The molecule has 3 aromatic rings. The number of nitrogens with zero attached hydrogens (tertiary/aromatic N) is 4. The lowest BCUT2D eigenvalue weighted by atomic mass is 10.1. The third-order valence-corrected chi connectivity index (χ3v) is 4.97. The summed E-state index contributed by atoms with van der Waals surface area (Å²) in [5.41, 5.74) is 2.99. The average Bonchev–Trinajstić information content (AvgIpc) is 3.14. The SMILES string of the molecule is N#Cc1cccnc1NC[C@@H]1CCN(Cc2cccc3cccnc23)C1. The summed E-state index contributed by atoms with van der Waals surface area (Å²) in [5.74, 6) is 1.25. The Bertz CT molecular complexity index is 941. The van der Waals surface area contributed by atoms with Crippen LogP contribution in [0.2, 0.25) is 0 Å².